The van der Waals surface area contributed by atoms with Gasteiger partial charge in [-0.05, 0) is 23.8 Å². The average molecular weight is 482 g/mol. The summed E-state index contributed by atoms with van der Waals surface area (Å²) in [5.74, 6) is 3.39. The SMILES string of the molecule is CN(CCO)c1ccnc(Nc2ccc(C3CSc4c3oc(N3CCOCC3)cc4=O)cc2)n1. The van der Waals surface area contributed by atoms with Crippen molar-refractivity contribution < 1.29 is 14.3 Å². The van der Waals surface area contributed by atoms with E-state index in [0.717, 1.165) is 41.7 Å². The fourth-order valence-corrected chi connectivity index (χ4v) is 5.31. The third-order valence-electron chi connectivity index (χ3n) is 5.99. The number of hydrogen-bond acceptors (Lipinski definition) is 10. The van der Waals surface area contributed by atoms with Gasteiger partial charge < -0.3 is 29.4 Å². The second kappa shape index (κ2) is 10.0. The highest BCUT2D eigenvalue weighted by Crippen LogP contribution is 2.43. The number of thioether (sulfide) groups is 1. The van der Waals surface area contributed by atoms with E-state index in [1.54, 1.807) is 30.1 Å². The van der Waals surface area contributed by atoms with Crippen molar-refractivity contribution in [1.29, 1.82) is 0 Å². The van der Waals surface area contributed by atoms with Gasteiger partial charge in [0.05, 0.1) is 30.6 Å². The van der Waals surface area contributed by atoms with Crippen LogP contribution in [0.4, 0.5) is 23.3 Å². The van der Waals surface area contributed by atoms with E-state index in [1.165, 1.54) is 0 Å². The lowest BCUT2D eigenvalue weighted by Gasteiger charge is -2.27. The molecule has 5 rings (SSSR count). The molecule has 4 heterocycles. The molecule has 34 heavy (non-hydrogen) atoms. The summed E-state index contributed by atoms with van der Waals surface area (Å²) in [6, 6.07) is 11.5. The van der Waals surface area contributed by atoms with E-state index in [9.17, 15) is 4.79 Å². The second-order valence-corrected chi connectivity index (χ2v) is 9.27. The molecule has 10 heteroatoms. The number of anilines is 4. The van der Waals surface area contributed by atoms with Crippen LogP contribution in [0.5, 0.6) is 0 Å². The van der Waals surface area contributed by atoms with Crippen LogP contribution in [0.25, 0.3) is 0 Å². The third-order valence-corrected chi connectivity index (χ3v) is 7.18. The Hall–Kier alpha value is -3.08. The molecular formula is C24H27N5O4S. The zero-order valence-electron chi connectivity index (χ0n) is 18.9. The van der Waals surface area contributed by atoms with E-state index in [2.05, 4.69) is 20.2 Å². The normalized spacial score (nSPS) is 17.5. The van der Waals surface area contributed by atoms with Crippen molar-refractivity contribution in [3.05, 3.63) is 64.1 Å². The van der Waals surface area contributed by atoms with Gasteiger partial charge in [-0.25, -0.2) is 4.98 Å². The number of nitrogens with zero attached hydrogens (tertiary/aromatic N) is 4. The Morgan fingerprint density at radius 1 is 1.24 bits per heavy atom. The summed E-state index contributed by atoms with van der Waals surface area (Å²) >= 11 is 1.56. The molecule has 2 N–H and O–H groups in total. The van der Waals surface area contributed by atoms with Crippen LogP contribution in [0.3, 0.4) is 0 Å². The van der Waals surface area contributed by atoms with Crippen molar-refractivity contribution in [2.75, 3.05) is 67.4 Å². The molecule has 178 valence electrons. The molecule has 3 aromatic rings. The molecule has 9 nitrogen and oxygen atoms in total. The van der Waals surface area contributed by atoms with Crippen molar-refractivity contribution in [2.45, 2.75) is 10.8 Å². The van der Waals surface area contributed by atoms with E-state index in [1.807, 2.05) is 36.2 Å². The van der Waals surface area contributed by atoms with E-state index < -0.39 is 0 Å². The lowest BCUT2D eigenvalue weighted by atomic mass is 9.98. The standard InChI is InChI=1S/C24H27N5O4S/c1-28(8-11-30)20-6-7-25-24(27-20)26-17-4-2-16(3-5-17)18-15-34-23-19(31)14-21(33-22(18)23)29-9-12-32-13-10-29/h2-7,14,18,30H,8-13,15H2,1H3,(H,25,26,27). The smallest absolute Gasteiger partial charge is 0.229 e. The molecule has 2 aromatic heterocycles. The van der Waals surface area contributed by atoms with Crippen molar-refractivity contribution in [3.8, 4) is 0 Å². The van der Waals surface area contributed by atoms with Crippen LogP contribution in [0.2, 0.25) is 0 Å². The number of likely N-dealkylation sites (N-methyl/N-ethyl adjacent to an activating group) is 1. The summed E-state index contributed by atoms with van der Waals surface area (Å²) in [5.41, 5.74) is 1.98. The number of morpholine rings is 1. The maximum atomic E-state index is 12.7. The minimum Gasteiger partial charge on any atom is -0.443 e. The van der Waals surface area contributed by atoms with E-state index in [0.29, 0.717) is 36.5 Å². The van der Waals surface area contributed by atoms with Gasteiger partial charge in [-0.15, -0.1) is 11.8 Å². The van der Waals surface area contributed by atoms with E-state index >= 15 is 0 Å². The number of ether oxygens (including phenoxy) is 1. The number of aliphatic hydroxyl groups is 1. The highest BCUT2D eigenvalue weighted by Gasteiger charge is 2.31. The van der Waals surface area contributed by atoms with Gasteiger partial charge in [-0.2, -0.15) is 4.98 Å². The van der Waals surface area contributed by atoms with Crippen LogP contribution in [0.1, 0.15) is 17.2 Å². The fourth-order valence-electron chi connectivity index (χ4n) is 4.10. The number of aromatic nitrogens is 2. The number of rotatable bonds is 7. The zero-order chi connectivity index (χ0) is 23.5. The molecule has 0 spiro atoms. The molecule has 0 radical (unpaired) electrons. The van der Waals surface area contributed by atoms with Gasteiger partial charge in [-0.1, -0.05) is 12.1 Å². The molecule has 1 fully saturated rings. The molecule has 2 aliphatic heterocycles. The first-order chi connectivity index (χ1) is 16.6. The topological polar surface area (TPSA) is 104 Å². The number of fused-ring (bicyclic) bond motifs is 1. The van der Waals surface area contributed by atoms with Crippen LogP contribution >= 0.6 is 11.8 Å². The number of benzene rings is 1. The molecule has 2 aliphatic rings. The minimum absolute atomic E-state index is 0.0226. The lowest BCUT2D eigenvalue weighted by molar-refractivity contribution is 0.120. The summed E-state index contributed by atoms with van der Waals surface area (Å²) in [5, 5.41) is 12.4. The Kier molecular flexibility index (Phi) is 6.70. The van der Waals surface area contributed by atoms with E-state index in [-0.39, 0.29) is 18.0 Å². The first-order valence-corrected chi connectivity index (χ1v) is 12.3. The summed E-state index contributed by atoms with van der Waals surface area (Å²) < 4.78 is 11.7. The Morgan fingerprint density at radius 2 is 2.03 bits per heavy atom. The van der Waals surface area contributed by atoms with E-state index in [4.69, 9.17) is 14.3 Å². The monoisotopic (exact) mass is 481 g/mol. The van der Waals surface area contributed by atoms with Crippen molar-refractivity contribution in [2.24, 2.45) is 0 Å². The lowest BCUT2D eigenvalue weighted by Crippen LogP contribution is -2.36. The van der Waals surface area contributed by atoms with Crippen molar-refractivity contribution in [3.63, 3.8) is 0 Å². The molecule has 0 amide bonds. The van der Waals surface area contributed by atoms with Gasteiger partial charge in [0.1, 0.15) is 11.6 Å². The summed E-state index contributed by atoms with van der Waals surface area (Å²) in [6.45, 7) is 3.27. The molecule has 1 saturated heterocycles. The largest absolute Gasteiger partial charge is 0.443 e. The van der Waals surface area contributed by atoms with Gasteiger partial charge in [0.2, 0.25) is 11.4 Å². The maximum Gasteiger partial charge on any atom is 0.229 e. The molecule has 0 bridgehead atoms. The van der Waals surface area contributed by atoms with Crippen LogP contribution in [0.15, 0.2) is 56.7 Å². The zero-order valence-corrected chi connectivity index (χ0v) is 19.8. The minimum atomic E-state index is 0.0226. The quantitative estimate of drug-likeness (QED) is 0.523. The van der Waals surface area contributed by atoms with Gasteiger partial charge in [-0.3, -0.25) is 4.79 Å². The molecule has 0 saturated carbocycles. The fraction of sp³-hybridized carbons (Fsp3) is 0.375. The van der Waals surface area contributed by atoms with Crippen molar-refractivity contribution >= 4 is 35.1 Å². The summed E-state index contributed by atoms with van der Waals surface area (Å²) in [6.07, 6.45) is 1.69. The Labute approximate surface area is 201 Å². The van der Waals surface area contributed by atoms with Crippen LogP contribution in [-0.2, 0) is 4.74 Å². The van der Waals surface area contributed by atoms with Gasteiger partial charge in [0.15, 0.2) is 5.88 Å². The first-order valence-electron chi connectivity index (χ1n) is 11.3. The summed E-state index contributed by atoms with van der Waals surface area (Å²) in [7, 11) is 1.87. The van der Waals surface area contributed by atoms with Gasteiger partial charge in [0.25, 0.3) is 0 Å². The molecule has 1 aromatic carbocycles. The van der Waals surface area contributed by atoms with Crippen LogP contribution in [-0.4, -0.2) is 67.3 Å². The Bertz CT molecular complexity index is 1200. The molecular weight excluding hydrogens is 454 g/mol. The molecule has 1 unspecified atom stereocenters. The highest BCUT2D eigenvalue weighted by atomic mass is 32.2. The predicted octanol–water partition coefficient (Wildman–Crippen LogP) is 2.68. The molecule has 0 aliphatic carbocycles. The van der Waals surface area contributed by atoms with Gasteiger partial charge in [0, 0.05) is 50.4 Å². The average Bonchev–Trinajstić information content (AvgIpc) is 3.30. The predicted molar refractivity (Wildman–Crippen MR) is 133 cm³/mol. The first kappa shape index (κ1) is 22.7. The van der Waals surface area contributed by atoms with Crippen molar-refractivity contribution in [1.82, 2.24) is 9.97 Å². The Morgan fingerprint density at radius 3 is 2.79 bits per heavy atom. The number of nitrogens with one attached hydrogen (secondary N) is 1. The molecule has 1 atom stereocenters. The number of aliphatic hydroxyl groups excluding tert-OH is 1. The summed E-state index contributed by atoms with van der Waals surface area (Å²) in [4.78, 5) is 26.2. The van der Waals surface area contributed by atoms with Crippen LogP contribution in [0, 0.1) is 0 Å². The Balaban J connectivity index is 1.34. The highest BCUT2D eigenvalue weighted by molar-refractivity contribution is 7.99. The maximum absolute atomic E-state index is 12.7. The van der Waals surface area contributed by atoms with Crippen LogP contribution < -0.4 is 20.5 Å². The third kappa shape index (κ3) is 4.75. The second-order valence-electron chi connectivity index (χ2n) is 8.24. The number of hydrogen-bond donors (Lipinski definition) is 2. The van der Waals surface area contributed by atoms with Gasteiger partial charge >= 0.3 is 0 Å².